The largest absolute Gasteiger partial charge is 0.388 e. The molecule has 0 spiro atoms. The Bertz CT molecular complexity index is 607. The fourth-order valence-electron chi connectivity index (χ4n) is 3.84. The SMILES string of the molecule is CN(CC[C@H](O)c1ccccc1)C(=O)C1CCN(C(=O)C2CCC2)CC1. The van der Waals surface area contributed by atoms with E-state index in [2.05, 4.69) is 0 Å². The molecule has 1 atom stereocenters. The van der Waals surface area contributed by atoms with Gasteiger partial charge in [-0.2, -0.15) is 0 Å². The number of carbonyl (C=O) groups excluding carboxylic acids is 2. The van der Waals surface area contributed by atoms with Gasteiger partial charge in [-0.3, -0.25) is 9.59 Å². The van der Waals surface area contributed by atoms with Crippen LogP contribution in [0.2, 0.25) is 0 Å². The number of aliphatic hydroxyl groups excluding tert-OH is 1. The van der Waals surface area contributed by atoms with Crippen molar-refractivity contribution in [2.24, 2.45) is 11.8 Å². The minimum absolute atomic E-state index is 0.000640. The third kappa shape index (κ3) is 4.44. The highest BCUT2D eigenvalue weighted by molar-refractivity contribution is 5.81. The molecule has 1 saturated carbocycles. The molecule has 1 aromatic rings. The number of rotatable bonds is 6. The van der Waals surface area contributed by atoms with Gasteiger partial charge in [0.1, 0.15) is 0 Å². The van der Waals surface area contributed by atoms with Crippen LogP contribution in [0.4, 0.5) is 0 Å². The number of benzene rings is 1. The van der Waals surface area contributed by atoms with Crippen molar-refractivity contribution < 1.29 is 14.7 Å². The van der Waals surface area contributed by atoms with E-state index >= 15 is 0 Å². The average molecular weight is 358 g/mol. The molecule has 1 aromatic carbocycles. The fraction of sp³-hybridized carbons (Fsp3) is 0.619. The van der Waals surface area contributed by atoms with Crippen LogP contribution in [0.15, 0.2) is 30.3 Å². The molecule has 3 rings (SSSR count). The lowest BCUT2D eigenvalue weighted by molar-refractivity contribution is -0.143. The first-order valence-electron chi connectivity index (χ1n) is 9.83. The van der Waals surface area contributed by atoms with Crippen LogP contribution < -0.4 is 0 Å². The van der Waals surface area contributed by atoms with Gasteiger partial charge in [-0.1, -0.05) is 36.8 Å². The molecule has 0 aromatic heterocycles. The number of amides is 2. The van der Waals surface area contributed by atoms with E-state index < -0.39 is 6.10 Å². The molecule has 1 N–H and O–H groups in total. The van der Waals surface area contributed by atoms with Crippen LogP contribution in [-0.4, -0.2) is 53.4 Å². The molecule has 0 radical (unpaired) electrons. The molecule has 142 valence electrons. The zero-order valence-electron chi connectivity index (χ0n) is 15.6. The lowest BCUT2D eigenvalue weighted by Gasteiger charge is -2.37. The maximum Gasteiger partial charge on any atom is 0.225 e. The Morgan fingerprint density at radius 1 is 1.12 bits per heavy atom. The highest BCUT2D eigenvalue weighted by Crippen LogP contribution is 2.30. The van der Waals surface area contributed by atoms with Crippen molar-refractivity contribution in [1.82, 2.24) is 9.80 Å². The first-order valence-corrected chi connectivity index (χ1v) is 9.83. The normalized spacial score (nSPS) is 19.7. The topological polar surface area (TPSA) is 60.9 Å². The third-order valence-electron chi connectivity index (χ3n) is 5.91. The van der Waals surface area contributed by atoms with E-state index in [0.717, 1.165) is 31.2 Å². The van der Waals surface area contributed by atoms with Gasteiger partial charge in [0.05, 0.1) is 6.10 Å². The van der Waals surface area contributed by atoms with Crippen LogP contribution >= 0.6 is 0 Å². The highest BCUT2D eigenvalue weighted by atomic mass is 16.3. The molecule has 1 saturated heterocycles. The van der Waals surface area contributed by atoms with Crippen LogP contribution in [0.5, 0.6) is 0 Å². The fourth-order valence-corrected chi connectivity index (χ4v) is 3.84. The number of nitrogens with zero attached hydrogens (tertiary/aromatic N) is 2. The third-order valence-corrected chi connectivity index (χ3v) is 5.91. The van der Waals surface area contributed by atoms with Gasteiger partial charge in [-0.15, -0.1) is 0 Å². The van der Waals surface area contributed by atoms with Gasteiger partial charge in [-0.25, -0.2) is 0 Å². The van der Waals surface area contributed by atoms with Gasteiger partial charge in [0.2, 0.25) is 11.8 Å². The Hall–Kier alpha value is -1.88. The molecule has 2 aliphatic rings. The van der Waals surface area contributed by atoms with Crippen molar-refractivity contribution in [2.75, 3.05) is 26.7 Å². The molecule has 26 heavy (non-hydrogen) atoms. The Morgan fingerprint density at radius 3 is 2.35 bits per heavy atom. The number of aliphatic hydroxyl groups is 1. The summed E-state index contributed by atoms with van der Waals surface area (Å²) in [6.45, 7) is 1.94. The lowest BCUT2D eigenvalue weighted by Crippen LogP contribution is -2.46. The van der Waals surface area contributed by atoms with E-state index in [4.69, 9.17) is 0 Å². The number of piperidine rings is 1. The monoisotopic (exact) mass is 358 g/mol. The summed E-state index contributed by atoms with van der Waals surface area (Å²) in [6, 6.07) is 9.55. The van der Waals surface area contributed by atoms with E-state index in [-0.39, 0.29) is 17.7 Å². The second-order valence-electron chi connectivity index (χ2n) is 7.70. The standard InChI is InChI=1S/C21H30N2O3/c1-22(13-12-19(24)16-6-3-2-4-7-16)20(25)18-10-14-23(15-11-18)21(26)17-8-5-9-17/h2-4,6-7,17-19,24H,5,8-15H2,1H3/t19-/m0/s1. The van der Waals surface area contributed by atoms with Crippen LogP contribution in [-0.2, 0) is 9.59 Å². The molecule has 0 unspecified atom stereocenters. The minimum Gasteiger partial charge on any atom is -0.388 e. The first-order chi connectivity index (χ1) is 12.6. The van der Waals surface area contributed by atoms with Gasteiger partial charge in [0.15, 0.2) is 0 Å². The van der Waals surface area contributed by atoms with E-state index in [0.29, 0.717) is 32.0 Å². The summed E-state index contributed by atoms with van der Waals surface area (Å²) in [6.07, 6.45) is 4.73. The number of likely N-dealkylation sites (tertiary alicyclic amines) is 1. The van der Waals surface area contributed by atoms with Gasteiger partial charge >= 0.3 is 0 Å². The van der Waals surface area contributed by atoms with E-state index in [1.54, 1.807) is 4.90 Å². The summed E-state index contributed by atoms with van der Waals surface area (Å²) in [5.74, 6) is 0.672. The van der Waals surface area contributed by atoms with Crippen molar-refractivity contribution in [2.45, 2.75) is 44.6 Å². The maximum atomic E-state index is 12.7. The van der Waals surface area contributed by atoms with Crippen molar-refractivity contribution in [3.05, 3.63) is 35.9 Å². The molecule has 2 amide bonds. The van der Waals surface area contributed by atoms with Crippen molar-refractivity contribution in [3.63, 3.8) is 0 Å². The van der Waals surface area contributed by atoms with Crippen LogP contribution in [0, 0.1) is 11.8 Å². The molecular weight excluding hydrogens is 328 g/mol. The van der Waals surface area contributed by atoms with Crippen molar-refractivity contribution in [1.29, 1.82) is 0 Å². The van der Waals surface area contributed by atoms with Crippen LogP contribution in [0.3, 0.4) is 0 Å². The summed E-state index contributed by atoms with van der Waals surface area (Å²) < 4.78 is 0. The Balaban J connectivity index is 1.42. The smallest absolute Gasteiger partial charge is 0.225 e. The predicted octanol–water partition coefficient (Wildman–Crippen LogP) is 2.61. The summed E-state index contributed by atoms with van der Waals surface area (Å²) >= 11 is 0. The second-order valence-corrected chi connectivity index (χ2v) is 7.70. The van der Waals surface area contributed by atoms with Gasteiger partial charge < -0.3 is 14.9 Å². The number of carbonyl (C=O) groups is 2. The molecule has 2 fully saturated rings. The Kier molecular flexibility index (Phi) is 6.30. The summed E-state index contributed by atoms with van der Waals surface area (Å²) in [4.78, 5) is 28.7. The first kappa shape index (κ1) is 18.9. The Morgan fingerprint density at radius 2 is 1.77 bits per heavy atom. The van der Waals surface area contributed by atoms with E-state index in [9.17, 15) is 14.7 Å². The predicted molar refractivity (Wildman–Crippen MR) is 100 cm³/mol. The van der Waals surface area contributed by atoms with Gasteiger partial charge in [0, 0.05) is 38.5 Å². The highest BCUT2D eigenvalue weighted by Gasteiger charge is 2.33. The number of hydrogen-bond donors (Lipinski definition) is 1. The van der Waals surface area contributed by atoms with Crippen molar-refractivity contribution in [3.8, 4) is 0 Å². The van der Waals surface area contributed by atoms with Gasteiger partial charge in [0.25, 0.3) is 0 Å². The van der Waals surface area contributed by atoms with E-state index in [1.165, 1.54) is 6.42 Å². The molecule has 1 aliphatic carbocycles. The molecule has 5 heteroatoms. The van der Waals surface area contributed by atoms with Gasteiger partial charge in [-0.05, 0) is 37.7 Å². The zero-order chi connectivity index (χ0) is 18.5. The molecule has 1 aliphatic heterocycles. The molecule has 1 heterocycles. The average Bonchev–Trinajstić information content (AvgIpc) is 2.64. The van der Waals surface area contributed by atoms with Crippen LogP contribution in [0.1, 0.15) is 50.2 Å². The Labute approximate surface area is 156 Å². The minimum atomic E-state index is -0.548. The molecule has 0 bridgehead atoms. The number of hydrogen-bond acceptors (Lipinski definition) is 3. The summed E-state index contributed by atoms with van der Waals surface area (Å²) in [5.41, 5.74) is 0.885. The summed E-state index contributed by atoms with van der Waals surface area (Å²) in [5, 5.41) is 10.3. The zero-order valence-corrected chi connectivity index (χ0v) is 15.6. The van der Waals surface area contributed by atoms with E-state index in [1.807, 2.05) is 42.3 Å². The lowest BCUT2D eigenvalue weighted by atomic mass is 9.83. The molecular formula is C21H30N2O3. The molecule has 5 nitrogen and oxygen atoms in total. The maximum absolute atomic E-state index is 12.7. The quantitative estimate of drug-likeness (QED) is 0.850. The van der Waals surface area contributed by atoms with Crippen LogP contribution in [0.25, 0.3) is 0 Å². The summed E-state index contributed by atoms with van der Waals surface area (Å²) in [7, 11) is 1.81. The second kappa shape index (κ2) is 8.67. The van der Waals surface area contributed by atoms with Crippen molar-refractivity contribution >= 4 is 11.8 Å².